The topological polar surface area (TPSA) is 97.2 Å². The first-order valence-corrected chi connectivity index (χ1v) is 13.3. The minimum atomic E-state index is -0.231. The number of hydrogen-bond donors (Lipinski definition) is 3. The van der Waals surface area contributed by atoms with E-state index < -0.39 is 0 Å². The van der Waals surface area contributed by atoms with Crippen molar-refractivity contribution in [3.63, 3.8) is 0 Å². The van der Waals surface area contributed by atoms with Crippen molar-refractivity contribution in [3.8, 4) is 0 Å². The van der Waals surface area contributed by atoms with E-state index in [4.69, 9.17) is 5.73 Å². The van der Waals surface area contributed by atoms with Crippen LogP contribution in [0.5, 0.6) is 0 Å². The lowest BCUT2D eigenvalue weighted by atomic mass is 10.1. The summed E-state index contributed by atoms with van der Waals surface area (Å²) in [6, 6.07) is 22.2. The van der Waals surface area contributed by atoms with Gasteiger partial charge in [0, 0.05) is 76.8 Å². The van der Waals surface area contributed by atoms with Gasteiger partial charge in [-0.1, -0.05) is 24.3 Å². The van der Waals surface area contributed by atoms with Crippen LogP contribution in [0, 0.1) is 0 Å². The molecule has 1 aliphatic rings. The third-order valence-corrected chi connectivity index (χ3v) is 7.00. The zero-order valence-electron chi connectivity index (χ0n) is 23.1. The molecule has 9 heteroatoms. The van der Waals surface area contributed by atoms with E-state index in [-0.39, 0.29) is 11.9 Å². The van der Waals surface area contributed by atoms with Crippen molar-refractivity contribution in [1.29, 1.82) is 0 Å². The number of nitrogens with two attached hydrogens (primary N) is 1. The van der Waals surface area contributed by atoms with Crippen molar-refractivity contribution < 1.29 is 9.59 Å². The molecule has 4 rings (SSSR count). The van der Waals surface area contributed by atoms with Crippen LogP contribution in [0.4, 0.5) is 27.5 Å². The molecule has 0 atom stereocenters. The van der Waals surface area contributed by atoms with Gasteiger partial charge in [0.2, 0.25) is 0 Å². The molecule has 9 nitrogen and oxygen atoms in total. The second-order valence-corrected chi connectivity index (χ2v) is 10.2. The van der Waals surface area contributed by atoms with E-state index in [9.17, 15) is 9.59 Å². The Bertz CT molecular complexity index is 1240. The average Bonchev–Trinajstić information content (AvgIpc) is 2.93. The van der Waals surface area contributed by atoms with Crippen molar-refractivity contribution in [2.24, 2.45) is 0 Å². The first-order chi connectivity index (χ1) is 18.8. The molecule has 39 heavy (non-hydrogen) atoms. The Balaban J connectivity index is 1.42. The number of amides is 3. The number of hydrogen-bond acceptors (Lipinski definition) is 6. The van der Waals surface area contributed by atoms with E-state index in [0.29, 0.717) is 30.0 Å². The lowest BCUT2D eigenvalue weighted by molar-refractivity contribution is 0.102. The molecule has 1 aliphatic heterocycles. The number of nitrogens with zero attached hydrogens (tertiary/aromatic N) is 4. The lowest BCUT2D eigenvalue weighted by Crippen LogP contribution is -2.48. The van der Waals surface area contributed by atoms with Crippen LogP contribution >= 0.6 is 0 Å². The van der Waals surface area contributed by atoms with Crippen LogP contribution in [-0.2, 0) is 6.54 Å². The first-order valence-electron chi connectivity index (χ1n) is 13.3. The zero-order valence-corrected chi connectivity index (χ0v) is 23.1. The van der Waals surface area contributed by atoms with Crippen LogP contribution in [0.15, 0.2) is 72.8 Å². The molecule has 1 saturated heterocycles. The summed E-state index contributed by atoms with van der Waals surface area (Å²) >= 11 is 0. The maximum atomic E-state index is 13.4. The number of carbonyl (C=O) groups excluding carboxylic acids is 2. The average molecular weight is 530 g/mol. The molecule has 3 aromatic rings. The van der Waals surface area contributed by atoms with Gasteiger partial charge in [0.05, 0.1) is 11.4 Å². The highest BCUT2D eigenvalue weighted by Gasteiger charge is 2.19. The molecule has 0 saturated carbocycles. The van der Waals surface area contributed by atoms with Gasteiger partial charge in [-0.2, -0.15) is 0 Å². The molecular weight excluding hydrogens is 490 g/mol. The summed E-state index contributed by atoms with van der Waals surface area (Å²) in [4.78, 5) is 34.7. The van der Waals surface area contributed by atoms with Crippen LogP contribution < -0.4 is 21.3 Å². The van der Waals surface area contributed by atoms with Gasteiger partial charge in [-0.05, 0) is 61.1 Å². The fourth-order valence-corrected chi connectivity index (χ4v) is 4.42. The Hall–Kier alpha value is -4.08. The molecule has 1 heterocycles. The largest absolute Gasteiger partial charge is 0.397 e. The maximum absolute atomic E-state index is 13.4. The minimum absolute atomic E-state index is 0.150. The number of urea groups is 1. The molecular formula is C30H39N7O2. The number of piperazine rings is 1. The number of benzene rings is 3. The summed E-state index contributed by atoms with van der Waals surface area (Å²) in [6.07, 6.45) is 0. The van der Waals surface area contributed by atoms with E-state index in [1.165, 1.54) is 0 Å². The van der Waals surface area contributed by atoms with Crippen molar-refractivity contribution in [2.75, 3.05) is 81.7 Å². The summed E-state index contributed by atoms with van der Waals surface area (Å²) in [6.45, 7) is 5.89. The van der Waals surface area contributed by atoms with E-state index in [1.807, 2.05) is 72.4 Å². The van der Waals surface area contributed by atoms with Gasteiger partial charge >= 0.3 is 6.03 Å². The predicted octanol–water partition coefficient (Wildman–Crippen LogP) is 3.87. The summed E-state index contributed by atoms with van der Waals surface area (Å²) in [5.41, 5.74) is 10.3. The van der Waals surface area contributed by atoms with Gasteiger partial charge in [0.1, 0.15) is 0 Å². The monoisotopic (exact) mass is 529 g/mol. The van der Waals surface area contributed by atoms with Gasteiger partial charge in [-0.3, -0.25) is 9.69 Å². The van der Waals surface area contributed by atoms with Crippen molar-refractivity contribution in [3.05, 3.63) is 83.9 Å². The van der Waals surface area contributed by atoms with E-state index in [2.05, 4.69) is 27.5 Å². The Morgan fingerprint density at radius 1 is 0.872 bits per heavy atom. The van der Waals surface area contributed by atoms with Gasteiger partial charge in [-0.25, -0.2) is 4.79 Å². The number of carbonyl (C=O) groups is 2. The van der Waals surface area contributed by atoms with Crippen molar-refractivity contribution in [1.82, 2.24) is 14.7 Å². The third-order valence-electron chi connectivity index (χ3n) is 7.00. The van der Waals surface area contributed by atoms with E-state index >= 15 is 0 Å². The second-order valence-electron chi connectivity index (χ2n) is 10.2. The summed E-state index contributed by atoms with van der Waals surface area (Å²) in [5, 5.41) is 5.90. The highest BCUT2D eigenvalue weighted by atomic mass is 16.2. The molecule has 3 aromatic carbocycles. The molecule has 0 radical (unpaired) electrons. The highest BCUT2D eigenvalue weighted by molar-refractivity contribution is 6.05. The third kappa shape index (κ3) is 7.95. The highest BCUT2D eigenvalue weighted by Crippen LogP contribution is 2.19. The van der Waals surface area contributed by atoms with Gasteiger partial charge < -0.3 is 31.1 Å². The number of rotatable bonds is 9. The molecule has 0 aromatic heterocycles. The summed E-state index contributed by atoms with van der Waals surface area (Å²) in [7, 11) is 6.11. The van der Waals surface area contributed by atoms with Crippen LogP contribution in [0.2, 0.25) is 0 Å². The fraction of sp³-hybridized carbons (Fsp3) is 0.333. The number of nitrogens with one attached hydrogen (secondary N) is 2. The molecule has 0 unspecified atom stereocenters. The normalized spacial score (nSPS) is 14.0. The Labute approximate surface area is 231 Å². The second kappa shape index (κ2) is 13.1. The summed E-state index contributed by atoms with van der Waals surface area (Å²) < 4.78 is 0. The molecule has 0 bridgehead atoms. The molecule has 0 spiro atoms. The fourth-order valence-electron chi connectivity index (χ4n) is 4.42. The zero-order chi connectivity index (χ0) is 27.8. The molecule has 206 valence electrons. The van der Waals surface area contributed by atoms with Crippen LogP contribution in [-0.4, -0.2) is 87.0 Å². The van der Waals surface area contributed by atoms with E-state index in [1.54, 1.807) is 24.3 Å². The standard InChI is InChI=1S/C30H39N7O2/c1-34(2)26-14-12-25(13-15-26)32-30(39)37(21-20-36-18-16-35(3)17-19-36)22-23-8-10-24(11-9-23)29(38)33-28-7-5-4-6-27(28)31/h4-15H,16-22,31H2,1-3H3,(H,32,39)(H,33,38). The lowest BCUT2D eigenvalue weighted by Gasteiger charge is -2.34. The maximum Gasteiger partial charge on any atom is 0.322 e. The molecule has 1 fully saturated rings. The SMILES string of the molecule is CN1CCN(CCN(Cc2ccc(C(=O)Nc3ccccc3N)cc2)C(=O)Nc2ccc(N(C)C)cc2)CC1. The molecule has 0 aliphatic carbocycles. The molecule has 4 N–H and O–H groups in total. The van der Waals surface area contributed by atoms with Crippen LogP contribution in [0.3, 0.4) is 0 Å². The number of likely N-dealkylation sites (N-methyl/N-ethyl adjacent to an activating group) is 1. The van der Waals surface area contributed by atoms with Crippen molar-refractivity contribution >= 4 is 34.7 Å². The minimum Gasteiger partial charge on any atom is -0.397 e. The first kappa shape index (κ1) is 27.9. The number of nitrogen functional groups attached to an aromatic ring is 1. The van der Waals surface area contributed by atoms with E-state index in [0.717, 1.165) is 49.7 Å². The van der Waals surface area contributed by atoms with Crippen LogP contribution in [0.25, 0.3) is 0 Å². The summed E-state index contributed by atoms with van der Waals surface area (Å²) in [5.74, 6) is -0.231. The Morgan fingerprint density at radius 3 is 2.18 bits per heavy atom. The quantitative estimate of drug-likeness (QED) is 0.364. The predicted molar refractivity (Wildman–Crippen MR) is 159 cm³/mol. The van der Waals surface area contributed by atoms with Crippen LogP contribution in [0.1, 0.15) is 15.9 Å². The number of anilines is 4. The Kier molecular flexibility index (Phi) is 9.40. The smallest absolute Gasteiger partial charge is 0.322 e. The van der Waals surface area contributed by atoms with Gasteiger partial charge in [-0.15, -0.1) is 0 Å². The number of para-hydroxylation sites is 2. The molecule has 3 amide bonds. The van der Waals surface area contributed by atoms with Gasteiger partial charge in [0.25, 0.3) is 5.91 Å². The Morgan fingerprint density at radius 2 is 1.54 bits per heavy atom. The van der Waals surface area contributed by atoms with Crippen molar-refractivity contribution in [2.45, 2.75) is 6.54 Å². The van der Waals surface area contributed by atoms with Gasteiger partial charge in [0.15, 0.2) is 0 Å².